The van der Waals surface area contributed by atoms with Gasteiger partial charge in [-0.3, -0.25) is 4.90 Å². The summed E-state index contributed by atoms with van der Waals surface area (Å²) >= 11 is 12.0. The molecular weight excluding hydrogens is 321 g/mol. The van der Waals surface area contributed by atoms with Gasteiger partial charge in [-0.25, -0.2) is 4.98 Å². The van der Waals surface area contributed by atoms with Gasteiger partial charge in [0.05, 0.1) is 0 Å². The standard InChI is InChI=1S/C15H17Cl2N5/c16-12-3-1-2-11(8-12)10-21-4-6-22(7-5-21)14-9-13(17)19-15(18)20-14/h1-3,8-9H,4-7,10H2,(H2,18,19,20). The molecule has 0 aliphatic carbocycles. The number of anilines is 2. The van der Waals surface area contributed by atoms with Crippen LogP contribution in [0, 0.1) is 0 Å². The van der Waals surface area contributed by atoms with Crippen molar-refractivity contribution < 1.29 is 0 Å². The topological polar surface area (TPSA) is 58.3 Å². The third-order valence-corrected chi connectivity index (χ3v) is 4.12. The Morgan fingerprint density at radius 2 is 1.82 bits per heavy atom. The van der Waals surface area contributed by atoms with Gasteiger partial charge in [-0.05, 0) is 17.7 Å². The second-order valence-corrected chi connectivity index (χ2v) is 6.12. The van der Waals surface area contributed by atoms with Crippen LogP contribution in [-0.4, -0.2) is 41.0 Å². The van der Waals surface area contributed by atoms with Crippen molar-refractivity contribution in [3.63, 3.8) is 0 Å². The minimum absolute atomic E-state index is 0.212. The maximum atomic E-state index is 6.03. The lowest BCUT2D eigenvalue weighted by Gasteiger charge is -2.35. The molecule has 22 heavy (non-hydrogen) atoms. The summed E-state index contributed by atoms with van der Waals surface area (Å²) in [6.45, 7) is 4.57. The first-order valence-electron chi connectivity index (χ1n) is 7.12. The van der Waals surface area contributed by atoms with Crippen LogP contribution in [0.15, 0.2) is 30.3 Å². The van der Waals surface area contributed by atoms with Gasteiger partial charge in [0.1, 0.15) is 11.0 Å². The van der Waals surface area contributed by atoms with Gasteiger partial charge in [0, 0.05) is 43.8 Å². The van der Waals surface area contributed by atoms with Gasteiger partial charge in [0.15, 0.2) is 0 Å². The molecule has 1 saturated heterocycles. The van der Waals surface area contributed by atoms with Gasteiger partial charge < -0.3 is 10.6 Å². The number of nitrogens with zero attached hydrogens (tertiary/aromatic N) is 4. The van der Waals surface area contributed by atoms with Crippen molar-refractivity contribution >= 4 is 35.0 Å². The number of nitrogen functional groups attached to an aromatic ring is 1. The highest BCUT2D eigenvalue weighted by Gasteiger charge is 2.19. The summed E-state index contributed by atoms with van der Waals surface area (Å²) in [5.74, 6) is 1.00. The molecule has 1 aliphatic heterocycles. The zero-order valence-electron chi connectivity index (χ0n) is 12.0. The minimum atomic E-state index is 0.212. The Morgan fingerprint density at radius 3 is 2.50 bits per heavy atom. The van der Waals surface area contributed by atoms with Crippen LogP contribution in [0.2, 0.25) is 10.2 Å². The lowest BCUT2D eigenvalue weighted by molar-refractivity contribution is 0.249. The second kappa shape index (κ2) is 6.69. The molecule has 1 aromatic carbocycles. The molecule has 0 spiro atoms. The van der Waals surface area contributed by atoms with E-state index in [1.54, 1.807) is 6.07 Å². The SMILES string of the molecule is Nc1nc(Cl)cc(N2CCN(Cc3cccc(Cl)c3)CC2)n1. The molecule has 2 N–H and O–H groups in total. The van der Waals surface area contributed by atoms with Gasteiger partial charge in [-0.2, -0.15) is 4.98 Å². The van der Waals surface area contributed by atoms with Crippen molar-refractivity contribution in [3.05, 3.63) is 46.1 Å². The average molecular weight is 338 g/mol. The Kier molecular flexibility index (Phi) is 4.66. The fourth-order valence-electron chi connectivity index (χ4n) is 2.61. The van der Waals surface area contributed by atoms with Gasteiger partial charge in [-0.15, -0.1) is 0 Å². The Bertz CT molecular complexity index is 636. The van der Waals surface area contributed by atoms with Crippen LogP contribution in [0.1, 0.15) is 5.56 Å². The van der Waals surface area contributed by atoms with E-state index in [1.165, 1.54) is 5.56 Å². The van der Waals surface area contributed by atoms with Crippen LogP contribution in [0.4, 0.5) is 11.8 Å². The van der Waals surface area contributed by atoms with Crippen LogP contribution in [-0.2, 0) is 6.54 Å². The zero-order valence-corrected chi connectivity index (χ0v) is 13.6. The van der Waals surface area contributed by atoms with Gasteiger partial charge in [0.2, 0.25) is 5.95 Å². The first-order valence-corrected chi connectivity index (χ1v) is 7.87. The van der Waals surface area contributed by atoms with Gasteiger partial charge >= 0.3 is 0 Å². The molecule has 0 unspecified atom stereocenters. The van der Waals surface area contributed by atoms with Crippen molar-refractivity contribution in [2.75, 3.05) is 36.8 Å². The van der Waals surface area contributed by atoms with Crippen LogP contribution in [0.25, 0.3) is 0 Å². The van der Waals surface area contributed by atoms with E-state index in [4.69, 9.17) is 28.9 Å². The minimum Gasteiger partial charge on any atom is -0.368 e. The summed E-state index contributed by atoms with van der Waals surface area (Å²) in [7, 11) is 0. The molecule has 1 aliphatic rings. The molecule has 0 amide bonds. The van der Waals surface area contributed by atoms with E-state index in [-0.39, 0.29) is 5.95 Å². The molecule has 1 aromatic heterocycles. The summed E-state index contributed by atoms with van der Waals surface area (Å²) in [5, 5.41) is 1.16. The van der Waals surface area contributed by atoms with Crippen LogP contribution < -0.4 is 10.6 Å². The smallest absolute Gasteiger partial charge is 0.223 e. The van der Waals surface area contributed by atoms with Crippen molar-refractivity contribution in [1.82, 2.24) is 14.9 Å². The van der Waals surface area contributed by atoms with Crippen molar-refractivity contribution in [3.8, 4) is 0 Å². The summed E-state index contributed by atoms with van der Waals surface area (Å²) in [6.07, 6.45) is 0. The van der Waals surface area contributed by atoms with Crippen LogP contribution in [0.5, 0.6) is 0 Å². The van der Waals surface area contributed by atoms with E-state index in [1.807, 2.05) is 18.2 Å². The molecule has 116 valence electrons. The maximum Gasteiger partial charge on any atom is 0.223 e. The quantitative estimate of drug-likeness (QED) is 0.872. The van der Waals surface area contributed by atoms with E-state index in [0.717, 1.165) is 43.6 Å². The average Bonchev–Trinajstić information content (AvgIpc) is 2.47. The van der Waals surface area contributed by atoms with E-state index < -0.39 is 0 Å². The molecule has 0 bridgehead atoms. The molecule has 0 radical (unpaired) electrons. The summed E-state index contributed by atoms with van der Waals surface area (Å²) in [5.41, 5.74) is 6.89. The monoisotopic (exact) mass is 337 g/mol. The molecule has 0 atom stereocenters. The van der Waals surface area contributed by atoms with Crippen molar-refractivity contribution in [2.45, 2.75) is 6.54 Å². The normalized spacial score (nSPS) is 16.0. The first-order chi connectivity index (χ1) is 10.6. The molecule has 2 heterocycles. The summed E-state index contributed by atoms with van der Waals surface area (Å²) < 4.78 is 0. The third-order valence-electron chi connectivity index (χ3n) is 3.69. The van der Waals surface area contributed by atoms with E-state index >= 15 is 0 Å². The number of hydrogen-bond acceptors (Lipinski definition) is 5. The summed E-state index contributed by atoms with van der Waals surface area (Å²) in [6, 6.07) is 9.75. The predicted molar refractivity (Wildman–Crippen MR) is 90.4 cm³/mol. The second-order valence-electron chi connectivity index (χ2n) is 5.30. The van der Waals surface area contributed by atoms with Crippen LogP contribution >= 0.6 is 23.2 Å². The van der Waals surface area contributed by atoms with Crippen LogP contribution in [0.3, 0.4) is 0 Å². The highest BCUT2D eigenvalue weighted by molar-refractivity contribution is 6.30. The lowest BCUT2D eigenvalue weighted by atomic mass is 10.2. The molecule has 1 fully saturated rings. The van der Waals surface area contributed by atoms with Crippen molar-refractivity contribution in [1.29, 1.82) is 0 Å². The molecular formula is C15H17Cl2N5. The third kappa shape index (κ3) is 3.80. The predicted octanol–water partition coefficient (Wildman–Crippen LogP) is 2.69. The Balaban J connectivity index is 1.60. The number of rotatable bonds is 3. The molecule has 5 nitrogen and oxygen atoms in total. The number of aromatic nitrogens is 2. The fourth-order valence-corrected chi connectivity index (χ4v) is 3.01. The highest BCUT2D eigenvalue weighted by Crippen LogP contribution is 2.19. The molecule has 2 aromatic rings. The Hall–Kier alpha value is -1.56. The number of hydrogen-bond donors (Lipinski definition) is 1. The number of piperazine rings is 1. The fraction of sp³-hybridized carbons (Fsp3) is 0.333. The van der Waals surface area contributed by atoms with Gasteiger partial charge in [0.25, 0.3) is 0 Å². The largest absolute Gasteiger partial charge is 0.368 e. The molecule has 0 saturated carbocycles. The Morgan fingerprint density at radius 1 is 1.05 bits per heavy atom. The van der Waals surface area contributed by atoms with Gasteiger partial charge in [-0.1, -0.05) is 35.3 Å². The first kappa shape index (κ1) is 15.3. The lowest BCUT2D eigenvalue weighted by Crippen LogP contribution is -2.46. The zero-order chi connectivity index (χ0) is 15.5. The highest BCUT2D eigenvalue weighted by atomic mass is 35.5. The number of halogens is 2. The van der Waals surface area contributed by atoms with Crippen molar-refractivity contribution in [2.24, 2.45) is 0 Å². The van der Waals surface area contributed by atoms with E-state index in [9.17, 15) is 0 Å². The van der Waals surface area contributed by atoms with E-state index in [0.29, 0.717) is 5.15 Å². The molecule has 7 heteroatoms. The maximum absolute atomic E-state index is 6.03. The number of benzene rings is 1. The van der Waals surface area contributed by atoms with E-state index in [2.05, 4.69) is 25.8 Å². The Labute approximate surface area is 139 Å². The summed E-state index contributed by atoms with van der Waals surface area (Å²) in [4.78, 5) is 12.7. The number of nitrogens with two attached hydrogens (primary N) is 1. The molecule has 3 rings (SSSR count).